The van der Waals surface area contributed by atoms with Gasteiger partial charge < -0.3 is 19.9 Å². The van der Waals surface area contributed by atoms with Gasteiger partial charge in [0.05, 0.1) is 17.6 Å². The van der Waals surface area contributed by atoms with Crippen molar-refractivity contribution in [2.24, 2.45) is 0 Å². The van der Waals surface area contributed by atoms with Crippen molar-refractivity contribution < 1.29 is 24.3 Å². The van der Waals surface area contributed by atoms with E-state index in [9.17, 15) is 20.0 Å². The molecule has 1 saturated carbocycles. The van der Waals surface area contributed by atoms with Crippen molar-refractivity contribution in [3.05, 3.63) is 45.4 Å². The monoisotopic (exact) mass is 429 g/mol. The predicted molar refractivity (Wildman–Crippen MR) is 109 cm³/mol. The number of nitro benzene ring substituents is 1. The fourth-order valence-electron chi connectivity index (χ4n) is 4.13. The second-order valence-corrected chi connectivity index (χ2v) is 7.61. The number of esters is 1. The molecule has 0 saturated heterocycles. The van der Waals surface area contributed by atoms with Gasteiger partial charge in [-0.3, -0.25) is 10.1 Å². The lowest BCUT2D eigenvalue weighted by Crippen LogP contribution is -2.32. The minimum absolute atomic E-state index is 0.0814. The number of phenolic OH excluding ortho intramolecular Hbond substituents is 1. The molecule has 2 aromatic rings. The third kappa shape index (κ3) is 3.78. The second kappa shape index (κ2) is 8.25. The summed E-state index contributed by atoms with van der Waals surface area (Å²) in [4.78, 5) is 28.2. The van der Waals surface area contributed by atoms with Gasteiger partial charge in [-0.25, -0.2) is 9.48 Å². The maximum Gasteiger partial charge on any atom is 0.338 e. The summed E-state index contributed by atoms with van der Waals surface area (Å²) in [5.74, 6) is -0.803. The van der Waals surface area contributed by atoms with Gasteiger partial charge in [-0.2, -0.15) is 10.1 Å². The van der Waals surface area contributed by atoms with E-state index in [1.807, 2.05) is 0 Å². The van der Waals surface area contributed by atoms with E-state index in [0.29, 0.717) is 17.2 Å². The molecule has 2 aliphatic rings. The van der Waals surface area contributed by atoms with Crippen LogP contribution in [0.15, 0.2) is 29.7 Å². The number of benzene rings is 1. The average Bonchev–Trinajstić information content (AvgIpc) is 3.21. The Balaban J connectivity index is 1.80. The fourth-order valence-corrected chi connectivity index (χ4v) is 4.13. The molecule has 0 radical (unpaired) electrons. The largest absolute Gasteiger partial charge is 0.500 e. The number of carbonyl (C=O) groups is 1. The van der Waals surface area contributed by atoms with Gasteiger partial charge in [0.2, 0.25) is 11.7 Å². The summed E-state index contributed by atoms with van der Waals surface area (Å²) in [5, 5.41) is 28.9. The summed E-state index contributed by atoms with van der Waals surface area (Å²) < 4.78 is 12.4. The number of methoxy groups -OCH3 is 1. The number of rotatable bonds is 5. The number of aromatic hydroxyl groups is 1. The Morgan fingerprint density at radius 1 is 1.32 bits per heavy atom. The fraction of sp³-hybridized carbons (Fsp3) is 0.450. The quantitative estimate of drug-likeness (QED) is 0.416. The molecule has 1 fully saturated rings. The van der Waals surface area contributed by atoms with Crippen molar-refractivity contribution in [1.82, 2.24) is 14.8 Å². The van der Waals surface area contributed by atoms with Crippen LogP contribution in [0.2, 0.25) is 0 Å². The number of carbonyl (C=O) groups excluding carboxylic acids is 1. The summed E-state index contributed by atoms with van der Waals surface area (Å²) in [5.41, 5.74) is 0.586. The van der Waals surface area contributed by atoms with E-state index in [1.165, 1.54) is 30.3 Å². The summed E-state index contributed by atoms with van der Waals surface area (Å²) in [6.45, 7) is 1.72. The highest BCUT2D eigenvalue weighted by Crippen LogP contribution is 2.43. The predicted octanol–water partition coefficient (Wildman–Crippen LogP) is 3.07. The number of phenols is 1. The van der Waals surface area contributed by atoms with Crippen LogP contribution in [0.3, 0.4) is 0 Å². The molecule has 1 aliphatic carbocycles. The Kier molecular flexibility index (Phi) is 5.49. The molecule has 0 spiro atoms. The molecule has 11 nitrogen and oxygen atoms in total. The van der Waals surface area contributed by atoms with Crippen LogP contribution in [0.5, 0.6) is 11.5 Å². The number of fused-ring (bicyclic) bond motifs is 1. The Bertz CT molecular complexity index is 1060. The zero-order valence-corrected chi connectivity index (χ0v) is 17.2. The summed E-state index contributed by atoms with van der Waals surface area (Å²) in [7, 11) is 1.30. The van der Waals surface area contributed by atoms with Crippen molar-refractivity contribution in [2.75, 3.05) is 12.4 Å². The van der Waals surface area contributed by atoms with Gasteiger partial charge in [-0.15, -0.1) is 0 Å². The maximum atomic E-state index is 13.2. The van der Waals surface area contributed by atoms with Gasteiger partial charge in [0.15, 0.2) is 5.75 Å². The summed E-state index contributed by atoms with van der Waals surface area (Å²) in [6, 6.07) is 1.81. The van der Waals surface area contributed by atoms with E-state index >= 15 is 0 Å². The molecule has 4 rings (SSSR count). The molecule has 164 valence electrons. The number of ether oxygens (including phenoxy) is 2. The first-order valence-electron chi connectivity index (χ1n) is 10.0. The molecular weight excluding hydrogens is 406 g/mol. The Morgan fingerprint density at radius 2 is 2.06 bits per heavy atom. The van der Waals surface area contributed by atoms with Crippen LogP contribution in [0.1, 0.15) is 50.6 Å². The van der Waals surface area contributed by atoms with E-state index < -0.39 is 28.4 Å². The minimum atomic E-state index is -0.844. The molecule has 1 unspecified atom stereocenters. The van der Waals surface area contributed by atoms with Crippen molar-refractivity contribution in [2.45, 2.75) is 51.2 Å². The van der Waals surface area contributed by atoms with E-state index in [0.717, 1.165) is 32.1 Å². The van der Waals surface area contributed by atoms with Crippen molar-refractivity contribution in [1.29, 1.82) is 0 Å². The van der Waals surface area contributed by atoms with Crippen LogP contribution >= 0.6 is 0 Å². The van der Waals surface area contributed by atoms with Crippen LogP contribution < -0.4 is 10.1 Å². The van der Waals surface area contributed by atoms with E-state index in [4.69, 9.17) is 9.47 Å². The number of aromatic nitrogens is 3. The first-order valence-corrected chi connectivity index (χ1v) is 10.0. The Labute approximate surface area is 177 Å². The minimum Gasteiger partial charge on any atom is -0.500 e. The van der Waals surface area contributed by atoms with Crippen LogP contribution in [0.25, 0.3) is 0 Å². The molecule has 1 aromatic heterocycles. The lowest BCUT2D eigenvalue weighted by atomic mass is 9.94. The smallest absolute Gasteiger partial charge is 0.338 e. The number of hydrogen-bond acceptors (Lipinski definition) is 9. The topological polar surface area (TPSA) is 142 Å². The van der Waals surface area contributed by atoms with Crippen molar-refractivity contribution in [3.8, 4) is 11.5 Å². The zero-order valence-electron chi connectivity index (χ0n) is 17.2. The Hall–Kier alpha value is -3.63. The lowest BCUT2D eigenvalue weighted by Gasteiger charge is -2.30. The van der Waals surface area contributed by atoms with Crippen LogP contribution in [-0.4, -0.2) is 44.0 Å². The second-order valence-electron chi connectivity index (χ2n) is 7.61. The number of nitrogens with zero attached hydrogens (tertiary/aromatic N) is 4. The Morgan fingerprint density at radius 3 is 2.74 bits per heavy atom. The normalized spacial score (nSPS) is 18.8. The number of allylic oxidation sites excluding steroid dienone is 1. The number of nitrogens with one attached hydrogen (secondary N) is 1. The highest BCUT2D eigenvalue weighted by atomic mass is 16.6. The number of anilines is 1. The molecule has 11 heteroatoms. The molecular formula is C20H23N5O6. The SMILES string of the molecule is COc1cc(C2C(C(=O)OC3CCCCC3)=C(C)Nc3ncnn32)cc([N+](=O)[O-])c1O. The molecule has 2 heterocycles. The van der Waals surface area contributed by atoms with Crippen molar-refractivity contribution >= 4 is 17.6 Å². The lowest BCUT2D eigenvalue weighted by molar-refractivity contribution is -0.386. The highest BCUT2D eigenvalue weighted by Gasteiger charge is 2.37. The van der Waals surface area contributed by atoms with Gasteiger partial charge in [0, 0.05) is 11.8 Å². The van der Waals surface area contributed by atoms with Crippen LogP contribution in [0, 0.1) is 10.1 Å². The van der Waals surface area contributed by atoms with Gasteiger partial charge in [0.25, 0.3) is 0 Å². The van der Waals surface area contributed by atoms with E-state index in [2.05, 4.69) is 15.4 Å². The average molecular weight is 429 g/mol. The summed E-state index contributed by atoms with van der Waals surface area (Å²) in [6.07, 6.45) is 5.91. The summed E-state index contributed by atoms with van der Waals surface area (Å²) >= 11 is 0. The molecule has 0 bridgehead atoms. The zero-order chi connectivity index (χ0) is 22.1. The standard InChI is InChI=1S/C20H23N5O6/c1-11-16(19(27)31-13-6-4-3-5-7-13)17(24-20(23-11)21-10-22-24)12-8-14(25(28)29)18(26)15(9-12)30-2/h8-10,13,17,26H,3-7H2,1-2H3,(H,21,22,23). The highest BCUT2D eigenvalue weighted by molar-refractivity contribution is 5.92. The third-order valence-corrected chi connectivity index (χ3v) is 5.65. The van der Waals surface area contributed by atoms with E-state index in [1.54, 1.807) is 6.92 Å². The number of hydrogen-bond donors (Lipinski definition) is 2. The molecule has 1 aromatic carbocycles. The number of nitro groups is 1. The molecule has 2 N–H and O–H groups in total. The molecule has 1 aliphatic heterocycles. The van der Waals surface area contributed by atoms with E-state index in [-0.39, 0.29) is 17.4 Å². The van der Waals surface area contributed by atoms with Gasteiger partial charge in [-0.05, 0) is 44.2 Å². The van der Waals surface area contributed by atoms with Gasteiger partial charge in [-0.1, -0.05) is 6.42 Å². The third-order valence-electron chi connectivity index (χ3n) is 5.65. The first-order chi connectivity index (χ1) is 14.9. The van der Waals surface area contributed by atoms with Gasteiger partial charge >= 0.3 is 11.7 Å². The molecule has 31 heavy (non-hydrogen) atoms. The first kappa shape index (κ1) is 20.6. The molecule has 1 atom stereocenters. The van der Waals surface area contributed by atoms with Gasteiger partial charge in [0.1, 0.15) is 18.5 Å². The van der Waals surface area contributed by atoms with Crippen LogP contribution in [-0.2, 0) is 9.53 Å². The molecule has 0 amide bonds. The maximum absolute atomic E-state index is 13.2. The van der Waals surface area contributed by atoms with Crippen molar-refractivity contribution in [3.63, 3.8) is 0 Å². The van der Waals surface area contributed by atoms with Crippen LogP contribution in [0.4, 0.5) is 11.6 Å².